The highest BCUT2D eigenvalue weighted by Crippen LogP contribution is 2.34. The number of nitrogens with zero attached hydrogens (tertiary/aromatic N) is 3. The molecule has 1 aliphatic rings. The minimum Gasteiger partial charge on any atom is -0.351 e. The van der Waals surface area contributed by atoms with E-state index >= 15 is 0 Å². The summed E-state index contributed by atoms with van der Waals surface area (Å²) in [5.74, 6) is 0.194. The molecule has 1 saturated carbocycles. The van der Waals surface area contributed by atoms with Crippen molar-refractivity contribution in [2.24, 2.45) is 5.92 Å². The number of anilines is 2. The first-order valence-electron chi connectivity index (χ1n) is 10.4. The minimum atomic E-state index is -4.48. The molecular weight excluding hydrogens is 439 g/mol. The van der Waals surface area contributed by atoms with Crippen molar-refractivity contribution < 1.29 is 18.0 Å². The Bertz CT molecular complexity index is 1060. The van der Waals surface area contributed by atoms with Gasteiger partial charge < -0.3 is 10.6 Å². The number of alkyl halides is 3. The van der Waals surface area contributed by atoms with Crippen molar-refractivity contribution in [2.45, 2.75) is 38.3 Å². The molecule has 0 bridgehead atoms. The van der Waals surface area contributed by atoms with Gasteiger partial charge in [0.25, 0.3) is 5.91 Å². The number of rotatable bonds is 6. The van der Waals surface area contributed by atoms with Crippen LogP contribution in [0.25, 0.3) is 11.4 Å². The van der Waals surface area contributed by atoms with Crippen LogP contribution >= 0.6 is 11.3 Å². The highest BCUT2D eigenvalue weighted by atomic mass is 32.1. The first kappa shape index (κ1) is 22.2. The van der Waals surface area contributed by atoms with E-state index in [4.69, 9.17) is 0 Å². The van der Waals surface area contributed by atoms with Gasteiger partial charge in [0.05, 0.1) is 11.3 Å². The van der Waals surface area contributed by atoms with E-state index in [1.165, 1.54) is 19.3 Å². The summed E-state index contributed by atoms with van der Waals surface area (Å²) in [5, 5.41) is 6.06. The standard InChI is InChI=1S/C22H22F3N5OS/c23-22(24,25)15-9-11-27-17(12-15)29-21-30-18(16-8-4-5-10-26-16)19(32-21)20(31)28-13-14-6-2-1-3-7-14/h4-5,8-12,14H,1-3,6-7,13H2,(H,28,31)(H,27,29,30). The molecule has 0 aromatic carbocycles. The summed E-state index contributed by atoms with van der Waals surface area (Å²) < 4.78 is 39.0. The maximum Gasteiger partial charge on any atom is 0.416 e. The number of thiazole rings is 1. The van der Waals surface area contributed by atoms with Gasteiger partial charge in [0, 0.05) is 18.9 Å². The maximum atomic E-state index is 13.0. The third-order valence-electron chi connectivity index (χ3n) is 5.34. The quantitative estimate of drug-likeness (QED) is 0.494. The predicted molar refractivity (Wildman–Crippen MR) is 117 cm³/mol. The second-order valence-corrected chi connectivity index (χ2v) is 8.68. The molecule has 0 spiro atoms. The summed E-state index contributed by atoms with van der Waals surface area (Å²) in [6, 6.07) is 7.08. The van der Waals surface area contributed by atoms with E-state index in [9.17, 15) is 18.0 Å². The van der Waals surface area contributed by atoms with Gasteiger partial charge in [-0.15, -0.1) is 0 Å². The fourth-order valence-corrected chi connectivity index (χ4v) is 4.59. The maximum absolute atomic E-state index is 13.0. The summed E-state index contributed by atoms with van der Waals surface area (Å²) in [5.41, 5.74) is 0.0739. The largest absolute Gasteiger partial charge is 0.416 e. The van der Waals surface area contributed by atoms with Crippen molar-refractivity contribution in [2.75, 3.05) is 11.9 Å². The molecule has 2 N–H and O–H groups in total. The van der Waals surface area contributed by atoms with Crippen LogP contribution in [-0.4, -0.2) is 27.4 Å². The number of pyridine rings is 2. The molecule has 4 rings (SSSR count). The van der Waals surface area contributed by atoms with E-state index in [1.807, 2.05) is 0 Å². The Morgan fingerprint density at radius 1 is 1.09 bits per heavy atom. The van der Waals surface area contributed by atoms with Crippen molar-refractivity contribution in [3.63, 3.8) is 0 Å². The second kappa shape index (κ2) is 9.64. The van der Waals surface area contributed by atoms with Crippen LogP contribution in [-0.2, 0) is 6.18 Å². The van der Waals surface area contributed by atoms with Crippen molar-refractivity contribution in [3.05, 3.63) is 53.2 Å². The predicted octanol–water partition coefficient (Wildman–Crippen LogP) is 5.67. The smallest absolute Gasteiger partial charge is 0.351 e. The molecule has 32 heavy (non-hydrogen) atoms. The summed E-state index contributed by atoms with van der Waals surface area (Å²) >= 11 is 1.06. The van der Waals surface area contributed by atoms with Crippen LogP contribution in [0.15, 0.2) is 42.7 Å². The molecule has 10 heteroatoms. The Labute approximate surface area is 187 Å². The number of halogens is 3. The first-order valence-corrected chi connectivity index (χ1v) is 11.2. The van der Waals surface area contributed by atoms with Gasteiger partial charge >= 0.3 is 6.18 Å². The Hall–Kier alpha value is -3.01. The fraction of sp³-hybridized carbons (Fsp3) is 0.364. The topological polar surface area (TPSA) is 79.8 Å². The lowest BCUT2D eigenvalue weighted by Crippen LogP contribution is -2.30. The van der Waals surface area contributed by atoms with Crippen LogP contribution in [0.3, 0.4) is 0 Å². The Kier molecular flexibility index (Phi) is 6.69. The van der Waals surface area contributed by atoms with Gasteiger partial charge in [-0.05, 0) is 43.0 Å². The van der Waals surface area contributed by atoms with Crippen LogP contribution in [0.5, 0.6) is 0 Å². The van der Waals surface area contributed by atoms with Gasteiger partial charge in [0.2, 0.25) is 0 Å². The molecule has 1 aliphatic carbocycles. The number of amides is 1. The average molecular weight is 462 g/mol. The lowest BCUT2D eigenvalue weighted by atomic mass is 9.89. The Balaban J connectivity index is 1.58. The van der Waals surface area contributed by atoms with Crippen molar-refractivity contribution in [1.29, 1.82) is 0 Å². The number of hydrogen-bond acceptors (Lipinski definition) is 6. The van der Waals surface area contributed by atoms with E-state index in [1.54, 1.807) is 24.4 Å². The van der Waals surface area contributed by atoms with Crippen LogP contribution in [0.2, 0.25) is 0 Å². The molecule has 0 saturated heterocycles. The van der Waals surface area contributed by atoms with Gasteiger partial charge in [-0.1, -0.05) is 36.7 Å². The zero-order valence-corrected chi connectivity index (χ0v) is 18.0. The zero-order chi connectivity index (χ0) is 22.6. The summed E-state index contributed by atoms with van der Waals surface area (Å²) in [4.78, 5) is 26.0. The molecule has 168 valence electrons. The van der Waals surface area contributed by atoms with Gasteiger partial charge in [-0.25, -0.2) is 9.97 Å². The van der Waals surface area contributed by atoms with Gasteiger partial charge in [0.15, 0.2) is 5.13 Å². The minimum absolute atomic E-state index is 0.00434. The summed E-state index contributed by atoms with van der Waals surface area (Å²) in [6.07, 6.45) is 3.99. The molecule has 0 atom stereocenters. The molecule has 3 aromatic heterocycles. The molecule has 6 nitrogen and oxygen atoms in total. The molecule has 0 radical (unpaired) electrons. The third-order valence-corrected chi connectivity index (χ3v) is 6.31. The Morgan fingerprint density at radius 3 is 2.62 bits per heavy atom. The summed E-state index contributed by atoms with van der Waals surface area (Å²) in [6.45, 7) is 0.594. The number of nitrogens with one attached hydrogen (secondary N) is 2. The molecule has 0 aliphatic heterocycles. The average Bonchev–Trinajstić information content (AvgIpc) is 3.22. The van der Waals surface area contributed by atoms with Crippen LogP contribution in [0.4, 0.5) is 24.1 Å². The van der Waals surface area contributed by atoms with Gasteiger partial charge in [-0.2, -0.15) is 13.2 Å². The number of carbonyl (C=O) groups is 1. The first-order chi connectivity index (χ1) is 15.4. The van der Waals surface area contributed by atoms with E-state index in [2.05, 4.69) is 25.6 Å². The van der Waals surface area contributed by atoms with Crippen molar-refractivity contribution >= 4 is 28.2 Å². The lowest BCUT2D eigenvalue weighted by molar-refractivity contribution is -0.137. The summed E-state index contributed by atoms with van der Waals surface area (Å²) in [7, 11) is 0. The normalized spacial score (nSPS) is 14.8. The van der Waals surface area contributed by atoms with E-state index in [0.29, 0.717) is 28.7 Å². The SMILES string of the molecule is O=C(NCC1CCCCC1)c1sc(Nc2cc(C(F)(F)F)ccn2)nc1-c1ccccn1. The molecule has 3 heterocycles. The third kappa shape index (κ3) is 5.42. The van der Waals surface area contributed by atoms with Gasteiger partial charge in [-0.3, -0.25) is 9.78 Å². The number of aromatic nitrogens is 3. The van der Waals surface area contributed by atoms with E-state index in [-0.39, 0.29) is 16.9 Å². The fourth-order valence-electron chi connectivity index (χ4n) is 3.70. The zero-order valence-electron chi connectivity index (χ0n) is 17.2. The molecule has 1 fully saturated rings. The highest BCUT2D eigenvalue weighted by Gasteiger charge is 2.31. The van der Waals surface area contributed by atoms with E-state index < -0.39 is 11.7 Å². The number of carbonyl (C=O) groups excluding carboxylic acids is 1. The molecule has 1 amide bonds. The second-order valence-electron chi connectivity index (χ2n) is 7.68. The van der Waals surface area contributed by atoms with Crippen LogP contribution in [0, 0.1) is 5.92 Å². The Morgan fingerprint density at radius 2 is 1.91 bits per heavy atom. The molecule has 3 aromatic rings. The van der Waals surface area contributed by atoms with Crippen molar-refractivity contribution in [3.8, 4) is 11.4 Å². The molecular formula is C22H22F3N5OS. The number of hydrogen-bond donors (Lipinski definition) is 2. The highest BCUT2D eigenvalue weighted by molar-refractivity contribution is 7.18. The van der Waals surface area contributed by atoms with Crippen LogP contribution < -0.4 is 10.6 Å². The molecule has 0 unspecified atom stereocenters. The van der Waals surface area contributed by atoms with Crippen LogP contribution in [0.1, 0.15) is 47.3 Å². The van der Waals surface area contributed by atoms with E-state index in [0.717, 1.165) is 42.5 Å². The monoisotopic (exact) mass is 461 g/mol. The lowest BCUT2D eigenvalue weighted by Gasteiger charge is -2.21. The van der Waals surface area contributed by atoms with Crippen molar-refractivity contribution in [1.82, 2.24) is 20.3 Å². The van der Waals surface area contributed by atoms with Gasteiger partial charge in [0.1, 0.15) is 16.4 Å².